The van der Waals surface area contributed by atoms with Crippen LogP contribution in [-0.4, -0.2) is 19.9 Å². The molecule has 0 spiro atoms. The van der Waals surface area contributed by atoms with E-state index in [1.54, 1.807) is 12.4 Å². The summed E-state index contributed by atoms with van der Waals surface area (Å²) in [6, 6.07) is 5.34. The molecule has 1 atom stereocenters. The number of thioether (sulfide) groups is 1. The molecule has 0 aliphatic rings. The van der Waals surface area contributed by atoms with Crippen molar-refractivity contribution in [2.75, 3.05) is 5.73 Å². The number of nitrogens with zero attached hydrogens (tertiary/aromatic N) is 4. The molecule has 0 radical (unpaired) electrons. The van der Waals surface area contributed by atoms with E-state index in [9.17, 15) is 0 Å². The number of anilines is 1. The molecule has 3 heterocycles. The lowest BCUT2D eigenvalue weighted by atomic mass is 10.2. The van der Waals surface area contributed by atoms with Crippen LogP contribution in [0.25, 0.3) is 10.9 Å². The van der Waals surface area contributed by atoms with E-state index in [4.69, 9.17) is 22.6 Å². The van der Waals surface area contributed by atoms with Crippen LogP contribution in [0, 0.1) is 11.3 Å². The number of nitrogen functional groups attached to an aromatic ring is 1. The molecule has 0 saturated heterocycles. The number of H-pyrrole nitrogens is 1. The summed E-state index contributed by atoms with van der Waals surface area (Å²) in [6.07, 6.45) is 3.48. The molecule has 0 aliphatic carbocycles. The first kappa shape index (κ1) is 14.6. The second kappa shape index (κ2) is 5.83. The van der Waals surface area contributed by atoms with Gasteiger partial charge in [-0.2, -0.15) is 5.26 Å². The smallest absolute Gasteiger partial charge is 0.191 e. The second-order valence-electron chi connectivity index (χ2n) is 4.62. The van der Waals surface area contributed by atoms with Gasteiger partial charge >= 0.3 is 0 Å². The third-order valence-electron chi connectivity index (χ3n) is 3.08. The number of nitrogens with two attached hydrogens (primary N) is 1. The summed E-state index contributed by atoms with van der Waals surface area (Å²) in [4.78, 5) is 15.7. The Bertz CT molecular complexity index is 885. The molecule has 110 valence electrons. The maximum absolute atomic E-state index is 8.93. The van der Waals surface area contributed by atoms with Crippen LogP contribution < -0.4 is 5.73 Å². The average Bonchev–Trinajstić information content (AvgIpc) is 2.87. The SMILES string of the molecule is CC(Sc1nc(N)cc(C#N)n1)c1cc2c(Cl)c[nH]c2cn1. The van der Waals surface area contributed by atoms with Gasteiger partial charge in [0.15, 0.2) is 5.16 Å². The summed E-state index contributed by atoms with van der Waals surface area (Å²) >= 11 is 7.51. The number of pyridine rings is 1. The van der Waals surface area contributed by atoms with Crippen LogP contribution in [0.1, 0.15) is 23.6 Å². The first-order valence-corrected chi connectivity index (χ1v) is 7.66. The Labute approximate surface area is 135 Å². The van der Waals surface area contributed by atoms with Gasteiger partial charge in [0.1, 0.15) is 17.6 Å². The van der Waals surface area contributed by atoms with Gasteiger partial charge in [0.2, 0.25) is 0 Å². The van der Waals surface area contributed by atoms with Crippen molar-refractivity contribution in [3.8, 4) is 6.07 Å². The minimum Gasteiger partial charge on any atom is -0.384 e. The van der Waals surface area contributed by atoms with Gasteiger partial charge in [-0.1, -0.05) is 23.4 Å². The molecule has 0 aliphatic heterocycles. The van der Waals surface area contributed by atoms with Crippen LogP contribution in [-0.2, 0) is 0 Å². The van der Waals surface area contributed by atoms with E-state index in [1.165, 1.54) is 17.8 Å². The molecule has 0 amide bonds. The fraction of sp³-hybridized carbons (Fsp3) is 0.143. The van der Waals surface area contributed by atoms with E-state index in [1.807, 2.05) is 19.1 Å². The Morgan fingerprint density at radius 3 is 3.00 bits per heavy atom. The van der Waals surface area contributed by atoms with Gasteiger partial charge < -0.3 is 10.7 Å². The Morgan fingerprint density at radius 1 is 1.41 bits per heavy atom. The third kappa shape index (κ3) is 2.84. The fourth-order valence-corrected chi connectivity index (χ4v) is 3.08. The molecule has 3 rings (SSSR count). The number of hydrogen-bond acceptors (Lipinski definition) is 6. The molecule has 1 unspecified atom stereocenters. The first-order valence-electron chi connectivity index (χ1n) is 6.40. The largest absolute Gasteiger partial charge is 0.384 e. The van der Waals surface area contributed by atoms with Gasteiger partial charge in [-0.15, -0.1) is 0 Å². The van der Waals surface area contributed by atoms with E-state index in [0.29, 0.717) is 10.2 Å². The Kier molecular flexibility index (Phi) is 3.88. The predicted octanol–water partition coefficient (Wildman–Crippen LogP) is 3.31. The number of nitriles is 1. The van der Waals surface area contributed by atoms with E-state index in [2.05, 4.69) is 19.9 Å². The molecule has 0 saturated carbocycles. The zero-order valence-corrected chi connectivity index (χ0v) is 13.1. The van der Waals surface area contributed by atoms with E-state index >= 15 is 0 Å². The molecular weight excluding hydrogens is 320 g/mol. The van der Waals surface area contributed by atoms with Crippen molar-refractivity contribution in [2.24, 2.45) is 0 Å². The molecule has 0 fully saturated rings. The molecule has 6 nitrogen and oxygen atoms in total. The highest BCUT2D eigenvalue weighted by molar-refractivity contribution is 7.99. The van der Waals surface area contributed by atoms with Crippen LogP contribution in [0.5, 0.6) is 0 Å². The number of halogens is 1. The molecule has 8 heteroatoms. The van der Waals surface area contributed by atoms with Gasteiger partial charge in [-0.05, 0) is 13.0 Å². The van der Waals surface area contributed by atoms with Gasteiger partial charge in [-0.25, -0.2) is 9.97 Å². The summed E-state index contributed by atoms with van der Waals surface area (Å²) in [7, 11) is 0. The summed E-state index contributed by atoms with van der Waals surface area (Å²) in [5.41, 5.74) is 7.66. The van der Waals surface area contributed by atoms with E-state index < -0.39 is 0 Å². The fourth-order valence-electron chi connectivity index (χ4n) is 2.00. The highest BCUT2D eigenvalue weighted by atomic mass is 35.5. The van der Waals surface area contributed by atoms with Gasteiger partial charge in [0.05, 0.1) is 27.7 Å². The topological polar surface area (TPSA) is 104 Å². The number of hydrogen-bond donors (Lipinski definition) is 2. The van der Waals surface area contributed by atoms with E-state index in [0.717, 1.165) is 16.6 Å². The highest BCUT2D eigenvalue weighted by Crippen LogP contribution is 2.34. The maximum Gasteiger partial charge on any atom is 0.191 e. The van der Waals surface area contributed by atoms with Crippen molar-refractivity contribution in [3.05, 3.63) is 40.9 Å². The van der Waals surface area contributed by atoms with Crippen LogP contribution in [0.3, 0.4) is 0 Å². The minimum atomic E-state index is -0.0105. The summed E-state index contributed by atoms with van der Waals surface area (Å²) in [6.45, 7) is 1.98. The molecule has 22 heavy (non-hydrogen) atoms. The van der Waals surface area contributed by atoms with Crippen molar-refractivity contribution in [1.29, 1.82) is 5.26 Å². The van der Waals surface area contributed by atoms with Crippen molar-refractivity contribution < 1.29 is 0 Å². The van der Waals surface area contributed by atoms with Crippen LogP contribution in [0.2, 0.25) is 5.02 Å². The van der Waals surface area contributed by atoms with Gasteiger partial charge in [-0.3, -0.25) is 4.98 Å². The second-order valence-corrected chi connectivity index (χ2v) is 6.34. The molecule has 0 bridgehead atoms. The monoisotopic (exact) mass is 330 g/mol. The number of nitrogens with one attached hydrogen (secondary N) is 1. The number of aromatic amines is 1. The zero-order valence-electron chi connectivity index (χ0n) is 11.5. The number of rotatable bonds is 3. The predicted molar refractivity (Wildman–Crippen MR) is 86.5 cm³/mol. The van der Waals surface area contributed by atoms with Crippen LogP contribution in [0.4, 0.5) is 5.82 Å². The van der Waals surface area contributed by atoms with Crippen molar-refractivity contribution in [1.82, 2.24) is 19.9 Å². The Balaban J connectivity index is 1.89. The van der Waals surface area contributed by atoms with Crippen molar-refractivity contribution in [2.45, 2.75) is 17.3 Å². The lowest BCUT2D eigenvalue weighted by molar-refractivity contribution is 0.936. The van der Waals surface area contributed by atoms with Gasteiger partial charge in [0.25, 0.3) is 0 Å². The normalized spacial score (nSPS) is 12.2. The first-order chi connectivity index (χ1) is 10.6. The third-order valence-corrected chi connectivity index (χ3v) is 4.38. The molecule has 3 aromatic heterocycles. The van der Waals surface area contributed by atoms with Crippen LogP contribution >= 0.6 is 23.4 Å². The van der Waals surface area contributed by atoms with Gasteiger partial charge in [0, 0.05) is 17.6 Å². The average molecular weight is 331 g/mol. The molecule has 0 aromatic carbocycles. The lowest BCUT2D eigenvalue weighted by Gasteiger charge is -2.10. The number of aromatic nitrogens is 4. The minimum absolute atomic E-state index is 0.0105. The van der Waals surface area contributed by atoms with Crippen LogP contribution in [0.15, 0.2) is 29.7 Å². The molecule has 3 N–H and O–H groups in total. The molecule has 3 aromatic rings. The number of fused-ring (bicyclic) bond motifs is 1. The summed E-state index contributed by atoms with van der Waals surface area (Å²) < 4.78 is 0. The quantitative estimate of drug-likeness (QED) is 0.564. The Morgan fingerprint density at radius 2 is 2.23 bits per heavy atom. The van der Waals surface area contributed by atoms with E-state index in [-0.39, 0.29) is 16.8 Å². The zero-order chi connectivity index (χ0) is 15.7. The van der Waals surface area contributed by atoms with Crippen molar-refractivity contribution >= 4 is 40.1 Å². The lowest BCUT2D eigenvalue weighted by Crippen LogP contribution is -1.99. The Hall–Kier alpha value is -2.30. The van der Waals surface area contributed by atoms with Crippen molar-refractivity contribution in [3.63, 3.8) is 0 Å². The highest BCUT2D eigenvalue weighted by Gasteiger charge is 2.14. The standard InChI is InChI=1S/C14H11ClN6S/c1-7(22-14-20-8(4-16)2-13(17)21-14)11-3-9-10(15)5-18-12(9)6-19-11/h2-3,5-7,18H,1H3,(H2,17,20,21). The summed E-state index contributed by atoms with van der Waals surface area (Å²) in [5.74, 6) is 0.276. The maximum atomic E-state index is 8.93. The molecular formula is C14H11ClN6S. The summed E-state index contributed by atoms with van der Waals surface area (Å²) in [5, 5.41) is 10.9.